The second kappa shape index (κ2) is 4.08. The Morgan fingerprint density at radius 2 is 1.89 bits per heavy atom. The van der Waals surface area contributed by atoms with Gasteiger partial charge in [0.2, 0.25) is 0 Å². The maximum atomic E-state index is 5.30. The van der Waals surface area contributed by atoms with E-state index in [0.717, 1.165) is 19.4 Å². The Morgan fingerprint density at radius 3 is 2.78 bits per heavy atom. The Labute approximate surface area is 110 Å². The van der Waals surface area contributed by atoms with Crippen LogP contribution in [0.3, 0.4) is 0 Å². The van der Waals surface area contributed by atoms with Gasteiger partial charge in [-0.15, -0.1) is 11.3 Å². The van der Waals surface area contributed by atoms with E-state index in [1.165, 1.54) is 25.7 Å². The van der Waals surface area contributed by atoms with E-state index in [1.54, 1.807) is 0 Å². The third-order valence-corrected chi connectivity index (χ3v) is 4.89. The predicted molar refractivity (Wildman–Crippen MR) is 77.4 cm³/mol. The number of ether oxygens (including phenoxy) is 1. The molecule has 0 radical (unpaired) electrons. The van der Waals surface area contributed by atoms with Gasteiger partial charge in [0.25, 0.3) is 0 Å². The molecular formula is C16H14OS. The van der Waals surface area contributed by atoms with Crippen molar-refractivity contribution < 1.29 is 4.74 Å². The van der Waals surface area contributed by atoms with Gasteiger partial charge in [0.15, 0.2) is 0 Å². The topological polar surface area (TPSA) is 12.5 Å². The lowest BCUT2D eigenvalue weighted by Crippen LogP contribution is -1.90. The van der Waals surface area contributed by atoms with E-state index in [1.807, 2.05) is 11.3 Å². The molecule has 0 N–H and O–H groups in total. The molecule has 0 amide bonds. The molecular weight excluding hydrogens is 240 g/mol. The van der Waals surface area contributed by atoms with Crippen molar-refractivity contribution in [2.75, 3.05) is 6.61 Å². The van der Waals surface area contributed by atoms with Crippen LogP contribution >= 0.6 is 11.3 Å². The van der Waals surface area contributed by atoms with Crippen LogP contribution in [0.25, 0.3) is 20.2 Å². The van der Waals surface area contributed by atoms with Crippen LogP contribution in [0, 0.1) is 0 Å². The fourth-order valence-corrected chi connectivity index (χ4v) is 3.80. The average Bonchev–Trinajstić information content (AvgIpc) is 3.16. The molecule has 0 saturated carbocycles. The summed E-state index contributed by atoms with van der Waals surface area (Å²) in [5.74, 6) is 0. The Kier molecular flexibility index (Phi) is 2.39. The second-order valence-electron chi connectivity index (χ2n) is 4.89. The van der Waals surface area contributed by atoms with Gasteiger partial charge in [-0.05, 0) is 24.5 Å². The zero-order valence-corrected chi connectivity index (χ0v) is 10.9. The van der Waals surface area contributed by atoms with E-state index < -0.39 is 0 Å². The molecule has 2 aromatic carbocycles. The number of benzene rings is 2. The molecule has 1 aliphatic rings. The van der Waals surface area contributed by atoms with Crippen LogP contribution in [-0.2, 0) is 11.2 Å². The SMILES string of the molecule is c1ccc2c(c1)sc1c(CCC3CO3)cccc12. The van der Waals surface area contributed by atoms with E-state index in [9.17, 15) is 0 Å². The molecule has 18 heavy (non-hydrogen) atoms. The molecule has 4 rings (SSSR count). The summed E-state index contributed by atoms with van der Waals surface area (Å²) in [6.45, 7) is 0.961. The molecule has 2 heteroatoms. The fraction of sp³-hybridized carbons (Fsp3) is 0.250. The molecule has 1 nitrogen and oxygen atoms in total. The minimum Gasteiger partial charge on any atom is -0.373 e. The fourth-order valence-electron chi connectivity index (χ4n) is 2.55. The molecule has 0 bridgehead atoms. The summed E-state index contributed by atoms with van der Waals surface area (Å²) in [5.41, 5.74) is 1.48. The first kappa shape index (κ1) is 10.5. The molecule has 1 saturated heterocycles. The molecule has 1 atom stereocenters. The Bertz CT molecular complexity index is 709. The summed E-state index contributed by atoms with van der Waals surface area (Å²) in [4.78, 5) is 0. The normalized spacial score (nSPS) is 18.6. The lowest BCUT2D eigenvalue weighted by molar-refractivity contribution is 0.397. The third-order valence-electron chi connectivity index (χ3n) is 3.62. The maximum Gasteiger partial charge on any atom is 0.0813 e. The highest BCUT2D eigenvalue weighted by Crippen LogP contribution is 2.36. The van der Waals surface area contributed by atoms with E-state index >= 15 is 0 Å². The number of fused-ring (bicyclic) bond motifs is 3. The van der Waals surface area contributed by atoms with E-state index in [0.29, 0.717) is 6.10 Å². The molecule has 2 heterocycles. The van der Waals surface area contributed by atoms with Crippen molar-refractivity contribution in [3.63, 3.8) is 0 Å². The highest BCUT2D eigenvalue weighted by atomic mass is 32.1. The van der Waals surface area contributed by atoms with Gasteiger partial charge in [-0.2, -0.15) is 0 Å². The molecule has 0 spiro atoms. The highest BCUT2D eigenvalue weighted by molar-refractivity contribution is 7.26. The van der Waals surface area contributed by atoms with Gasteiger partial charge in [0.1, 0.15) is 0 Å². The molecule has 3 aromatic rings. The number of hydrogen-bond donors (Lipinski definition) is 0. The Balaban J connectivity index is 1.86. The average molecular weight is 254 g/mol. The Hall–Kier alpha value is -1.38. The van der Waals surface area contributed by atoms with E-state index in [4.69, 9.17) is 4.74 Å². The third kappa shape index (κ3) is 1.73. The molecule has 1 fully saturated rings. The van der Waals surface area contributed by atoms with Gasteiger partial charge in [-0.3, -0.25) is 0 Å². The molecule has 1 aliphatic heterocycles. The maximum absolute atomic E-state index is 5.30. The quantitative estimate of drug-likeness (QED) is 0.632. The first-order chi connectivity index (χ1) is 8.92. The minimum atomic E-state index is 0.523. The van der Waals surface area contributed by atoms with Gasteiger partial charge in [-0.25, -0.2) is 0 Å². The van der Waals surface area contributed by atoms with E-state index in [2.05, 4.69) is 42.5 Å². The molecule has 90 valence electrons. The first-order valence-electron chi connectivity index (χ1n) is 6.42. The van der Waals surface area contributed by atoms with Crippen LogP contribution in [-0.4, -0.2) is 12.7 Å². The molecule has 1 unspecified atom stereocenters. The lowest BCUT2D eigenvalue weighted by Gasteiger charge is -2.01. The van der Waals surface area contributed by atoms with Gasteiger partial charge < -0.3 is 4.74 Å². The monoisotopic (exact) mass is 254 g/mol. The lowest BCUT2D eigenvalue weighted by atomic mass is 10.0. The number of rotatable bonds is 3. The van der Waals surface area contributed by atoms with E-state index in [-0.39, 0.29) is 0 Å². The smallest absolute Gasteiger partial charge is 0.0813 e. The number of thiophene rings is 1. The standard InChI is InChI=1S/C16H14OS/c1-2-7-15-13(5-1)14-6-3-4-11(16(14)18-15)8-9-12-10-17-12/h1-7,12H,8-10H2. The van der Waals surface area contributed by atoms with Gasteiger partial charge in [0.05, 0.1) is 12.7 Å². The van der Waals surface area contributed by atoms with Crippen molar-refractivity contribution >= 4 is 31.5 Å². The van der Waals surface area contributed by atoms with Crippen LogP contribution < -0.4 is 0 Å². The summed E-state index contributed by atoms with van der Waals surface area (Å²) in [5, 5.41) is 2.80. The largest absolute Gasteiger partial charge is 0.373 e. The summed E-state index contributed by atoms with van der Waals surface area (Å²) >= 11 is 1.92. The Morgan fingerprint density at radius 1 is 1.06 bits per heavy atom. The summed E-state index contributed by atoms with van der Waals surface area (Å²) < 4.78 is 8.15. The van der Waals surface area contributed by atoms with Gasteiger partial charge in [0, 0.05) is 20.2 Å². The summed E-state index contributed by atoms with van der Waals surface area (Å²) in [6.07, 6.45) is 2.82. The minimum absolute atomic E-state index is 0.523. The van der Waals surface area contributed by atoms with Crippen molar-refractivity contribution in [2.24, 2.45) is 0 Å². The first-order valence-corrected chi connectivity index (χ1v) is 7.24. The molecule has 0 aliphatic carbocycles. The van der Waals surface area contributed by atoms with Crippen LogP contribution in [0.2, 0.25) is 0 Å². The summed E-state index contributed by atoms with van der Waals surface area (Å²) in [6, 6.07) is 15.4. The van der Waals surface area contributed by atoms with Crippen molar-refractivity contribution in [3.8, 4) is 0 Å². The zero-order valence-electron chi connectivity index (χ0n) is 10.1. The highest BCUT2D eigenvalue weighted by Gasteiger charge is 2.22. The zero-order chi connectivity index (χ0) is 11.9. The van der Waals surface area contributed by atoms with Crippen molar-refractivity contribution in [3.05, 3.63) is 48.0 Å². The summed E-state index contributed by atoms with van der Waals surface area (Å²) in [7, 11) is 0. The van der Waals surface area contributed by atoms with Gasteiger partial charge in [-0.1, -0.05) is 36.4 Å². The predicted octanol–water partition coefficient (Wildman–Crippen LogP) is 4.39. The van der Waals surface area contributed by atoms with Crippen LogP contribution in [0.15, 0.2) is 42.5 Å². The van der Waals surface area contributed by atoms with Crippen molar-refractivity contribution in [1.29, 1.82) is 0 Å². The van der Waals surface area contributed by atoms with Gasteiger partial charge >= 0.3 is 0 Å². The second-order valence-corrected chi connectivity index (χ2v) is 5.94. The number of aryl methyl sites for hydroxylation is 1. The molecule has 1 aromatic heterocycles. The number of epoxide rings is 1. The van der Waals surface area contributed by atoms with Crippen LogP contribution in [0.4, 0.5) is 0 Å². The van der Waals surface area contributed by atoms with Crippen LogP contribution in [0.1, 0.15) is 12.0 Å². The number of hydrogen-bond acceptors (Lipinski definition) is 2. The van der Waals surface area contributed by atoms with Crippen LogP contribution in [0.5, 0.6) is 0 Å². The van der Waals surface area contributed by atoms with Crippen molar-refractivity contribution in [1.82, 2.24) is 0 Å². The van der Waals surface area contributed by atoms with Crippen molar-refractivity contribution in [2.45, 2.75) is 18.9 Å².